The first-order chi connectivity index (χ1) is 13.6. The van der Waals surface area contributed by atoms with Gasteiger partial charge in [0.15, 0.2) is 0 Å². The maximum Gasteiger partial charge on any atom is 0.293 e. The number of hydrogen-bond acceptors (Lipinski definition) is 4. The minimum absolute atomic E-state index is 0.00620. The quantitative estimate of drug-likeness (QED) is 0.345. The zero-order chi connectivity index (χ0) is 19.9. The fourth-order valence-electron chi connectivity index (χ4n) is 2.61. The van der Waals surface area contributed by atoms with Crippen LogP contribution in [0, 0.1) is 11.8 Å². The Labute approximate surface area is 160 Å². The molecule has 0 bridgehead atoms. The summed E-state index contributed by atoms with van der Waals surface area (Å²) in [5.41, 5.74) is 6.63. The molecule has 1 aromatic heterocycles. The van der Waals surface area contributed by atoms with Gasteiger partial charge in [-0.25, -0.2) is 0 Å². The van der Waals surface area contributed by atoms with Crippen molar-refractivity contribution in [3.8, 4) is 17.6 Å². The molecular formula is C21H17N3O4. The van der Waals surface area contributed by atoms with Crippen molar-refractivity contribution < 1.29 is 19.1 Å². The number of ketones is 1. The molecule has 140 valence electrons. The molecule has 0 spiro atoms. The molecule has 0 radical (unpaired) electrons. The molecule has 2 amide bonds. The van der Waals surface area contributed by atoms with Crippen molar-refractivity contribution in [3.05, 3.63) is 65.9 Å². The molecule has 0 fully saturated rings. The van der Waals surface area contributed by atoms with E-state index in [1.165, 1.54) is 6.20 Å². The Morgan fingerprint density at radius 2 is 1.75 bits per heavy atom. The fraction of sp³-hybridized carbons (Fsp3) is 0.0952. The minimum Gasteiger partial charge on any atom is -0.480 e. The molecule has 0 aliphatic carbocycles. The van der Waals surface area contributed by atoms with Crippen LogP contribution in [0.2, 0.25) is 0 Å². The summed E-state index contributed by atoms with van der Waals surface area (Å²) >= 11 is 0. The van der Waals surface area contributed by atoms with Gasteiger partial charge in [-0.05, 0) is 18.2 Å². The predicted molar refractivity (Wildman–Crippen MR) is 104 cm³/mol. The normalized spacial score (nSPS) is 10.0. The van der Waals surface area contributed by atoms with E-state index < -0.39 is 17.6 Å². The molecule has 7 heteroatoms. The maximum absolute atomic E-state index is 12.3. The number of aromatic nitrogens is 1. The summed E-state index contributed by atoms with van der Waals surface area (Å²) in [6, 6.07) is 13.8. The molecule has 0 atom stereocenters. The monoisotopic (exact) mass is 375 g/mol. The molecule has 0 aliphatic rings. The van der Waals surface area contributed by atoms with Crippen molar-refractivity contribution in [2.24, 2.45) is 5.73 Å². The van der Waals surface area contributed by atoms with Crippen LogP contribution in [0.1, 0.15) is 20.7 Å². The molecule has 1 heterocycles. The van der Waals surface area contributed by atoms with Gasteiger partial charge in [0.05, 0.1) is 17.7 Å². The number of carbonyl (C=O) groups is 3. The largest absolute Gasteiger partial charge is 0.480 e. The van der Waals surface area contributed by atoms with E-state index in [-0.39, 0.29) is 18.7 Å². The van der Waals surface area contributed by atoms with Crippen LogP contribution < -0.4 is 15.8 Å². The number of H-pyrrole nitrogens is 1. The van der Waals surface area contributed by atoms with Gasteiger partial charge in [0.25, 0.3) is 17.6 Å². The lowest BCUT2D eigenvalue weighted by atomic mass is 10.1. The molecular weight excluding hydrogens is 358 g/mol. The summed E-state index contributed by atoms with van der Waals surface area (Å²) in [5, 5.41) is 3.15. The van der Waals surface area contributed by atoms with Crippen molar-refractivity contribution in [2.75, 3.05) is 13.2 Å². The van der Waals surface area contributed by atoms with E-state index in [1.807, 2.05) is 12.1 Å². The van der Waals surface area contributed by atoms with Gasteiger partial charge in [-0.3, -0.25) is 14.4 Å². The summed E-state index contributed by atoms with van der Waals surface area (Å²) in [7, 11) is 0. The number of para-hydroxylation sites is 2. The average Bonchev–Trinajstić information content (AvgIpc) is 3.14. The van der Waals surface area contributed by atoms with E-state index in [2.05, 4.69) is 22.1 Å². The number of hydrogen-bond donors (Lipinski definition) is 3. The Morgan fingerprint density at radius 1 is 1.00 bits per heavy atom. The zero-order valence-corrected chi connectivity index (χ0v) is 14.8. The Kier molecular flexibility index (Phi) is 5.72. The topological polar surface area (TPSA) is 114 Å². The summed E-state index contributed by atoms with van der Waals surface area (Å²) in [5.74, 6) is 3.77. The summed E-state index contributed by atoms with van der Waals surface area (Å²) in [6.07, 6.45) is 1.52. The van der Waals surface area contributed by atoms with Crippen LogP contribution >= 0.6 is 0 Å². The average molecular weight is 375 g/mol. The summed E-state index contributed by atoms with van der Waals surface area (Å²) in [6.45, 7) is 0.00428. The lowest BCUT2D eigenvalue weighted by Gasteiger charge is -2.05. The van der Waals surface area contributed by atoms with Crippen LogP contribution in [0.5, 0.6) is 5.75 Å². The third kappa shape index (κ3) is 4.19. The van der Waals surface area contributed by atoms with Crippen LogP contribution in [0.4, 0.5) is 0 Å². The number of aromatic amines is 1. The van der Waals surface area contributed by atoms with E-state index >= 15 is 0 Å². The molecule has 3 rings (SSSR count). The number of benzene rings is 2. The standard InChI is InChI=1S/C21H17N3O4/c22-20(26)15-8-2-4-10-18(15)28-12-6-5-11-23-21(27)19(25)16-13-24-17-9-3-1-7-14(16)17/h1-4,7-10,13,24H,11-12H2,(H2,22,26)(H,23,27). The second-order valence-electron chi connectivity index (χ2n) is 5.76. The number of amides is 2. The maximum atomic E-state index is 12.3. The highest BCUT2D eigenvalue weighted by Gasteiger charge is 2.18. The van der Waals surface area contributed by atoms with Gasteiger partial charge >= 0.3 is 0 Å². The number of Topliss-reactive ketones (excluding diaryl/α,β-unsaturated/α-hetero) is 1. The number of carbonyl (C=O) groups excluding carboxylic acids is 3. The molecule has 7 nitrogen and oxygen atoms in total. The van der Waals surface area contributed by atoms with Crippen molar-refractivity contribution in [2.45, 2.75) is 0 Å². The number of fused-ring (bicyclic) bond motifs is 1. The molecule has 0 saturated carbocycles. The molecule has 0 unspecified atom stereocenters. The predicted octanol–water partition coefficient (Wildman–Crippen LogP) is 1.65. The van der Waals surface area contributed by atoms with E-state index in [4.69, 9.17) is 10.5 Å². The lowest BCUT2D eigenvalue weighted by Crippen LogP contribution is -2.31. The highest BCUT2D eigenvalue weighted by Crippen LogP contribution is 2.18. The fourth-order valence-corrected chi connectivity index (χ4v) is 2.61. The Balaban J connectivity index is 1.51. The van der Waals surface area contributed by atoms with E-state index in [0.717, 1.165) is 5.52 Å². The number of ether oxygens (including phenoxy) is 1. The highest BCUT2D eigenvalue weighted by atomic mass is 16.5. The lowest BCUT2D eigenvalue weighted by molar-refractivity contribution is -0.116. The van der Waals surface area contributed by atoms with Crippen molar-refractivity contribution in [1.82, 2.24) is 10.3 Å². The van der Waals surface area contributed by atoms with Gasteiger partial charge in [-0.2, -0.15) is 0 Å². The van der Waals surface area contributed by atoms with Crippen LogP contribution in [0.15, 0.2) is 54.7 Å². The van der Waals surface area contributed by atoms with Gasteiger partial charge in [-0.15, -0.1) is 0 Å². The van der Waals surface area contributed by atoms with Crippen LogP contribution in [-0.2, 0) is 4.79 Å². The second kappa shape index (κ2) is 8.56. The van der Waals surface area contributed by atoms with Crippen LogP contribution in [0.3, 0.4) is 0 Å². The molecule has 4 N–H and O–H groups in total. The number of nitrogens with one attached hydrogen (secondary N) is 2. The van der Waals surface area contributed by atoms with Crippen LogP contribution in [-0.4, -0.2) is 35.7 Å². The third-order valence-corrected chi connectivity index (χ3v) is 3.95. The first-order valence-electron chi connectivity index (χ1n) is 8.44. The third-order valence-electron chi connectivity index (χ3n) is 3.95. The van der Waals surface area contributed by atoms with Gasteiger partial charge in [0, 0.05) is 17.1 Å². The van der Waals surface area contributed by atoms with Gasteiger partial charge < -0.3 is 20.8 Å². The van der Waals surface area contributed by atoms with E-state index in [1.54, 1.807) is 36.4 Å². The van der Waals surface area contributed by atoms with E-state index in [9.17, 15) is 14.4 Å². The van der Waals surface area contributed by atoms with E-state index in [0.29, 0.717) is 16.7 Å². The van der Waals surface area contributed by atoms with Crippen molar-refractivity contribution in [3.63, 3.8) is 0 Å². The second-order valence-corrected chi connectivity index (χ2v) is 5.76. The van der Waals surface area contributed by atoms with Gasteiger partial charge in [0.1, 0.15) is 12.4 Å². The molecule has 3 aromatic rings. The molecule has 0 aliphatic heterocycles. The number of primary amides is 1. The highest BCUT2D eigenvalue weighted by molar-refractivity contribution is 6.45. The SMILES string of the molecule is NC(=O)c1ccccc1OCC#CCNC(=O)C(=O)c1c[nH]c2ccccc12. The van der Waals surface area contributed by atoms with Crippen LogP contribution in [0.25, 0.3) is 10.9 Å². The minimum atomic E-state index is -0.737. The van der Waals surface area contributed by atoms with Gasteiger partial charge in [0.2, 0.25) is 0 Å². The molecule has 28 heavy (non-hydrogen) atoms. The number of nitrogens with two attached hydrogens (primary N) is 1. The van der Waals surface area contributed by atoms with Crippen molar-refractivity contribution >= 4 is 28.5 Å². The van der Waals surface area contributed by atoms with Gasteiger partial charge in [-0.1, -0.05) is 42.2 Å². The Bertz CT molecular complexity index is 1110. The molecule has 0 saturated heterocycles. The first-order valence-corrected chi connectivity index (χ1v) is 8.44. The first kappa shape index (κ1) is 18.7. The Morgan fingerprint density at radius 3 is 2.57 bits per heavy atom. The van der Waals surface area contributed by atoms with Crippen molar-refractivity contribution in [1.29, 1.82) is 0 Å². The molecule has 2 aromatic carbocycles. The number of rotatable bonds is 6. The zero-order valence-electron chi connectivity index (χ0n) is 14.8. The summed E-state index contributed by atoms with van der Waals surface area (Å²) in [4.78, 5) is 38.6. The Hall–Kier alpha value is -4.05. The smallest absolute Gasteiger partial charge is 0.293 e. The summed E-state index contributed by atoms with van der Waals surface area (Å²) < 4.78 is 5.40.